The molecule has 26 heavy (non-hydrogen) atoms. The van der Waals surface area contributed by atoms with E-state index in [1.165, 1.54) is 5.56 Å². The molecule has 0 N–H and O–H groups in total. The zero-order valence-corrected chi connectivity index (χ0v) is 15.5. The maximum absolute atomic E-state index is 5.28. The number of ether oxygens (including phenoxy) is 1. The van der Waals surface area contributed by atoms with Crippen molar-refractivity contribution in [1.82, 2.24) is 0 Å². The molecule has 3 aromatic rings. The summed E-state index contributed by atoms with van der Waals surface area (Å²) in [6, 6.07) is 26.7. The van der Waals surface area contributed by atoms with E-state index in [9.17, 15) is 0 Å². The molecule has 0 saturated heterocycles. The summed E-state index contributed by atoms with van der Waals surface area (Å²) < 4.78 is 5.28. The second kappa shape index (κ2) is 8.34. The number of nitrogens with zero attached hydrogens (tertiary/aromatic N) is 2. The van der Waals surface area contributed by atoms with E-state index in [2.05, 4.69) is 43.3 Å². The summed E-state index contributed by atoms with van der Waals surface area (Å²) in [7, 11) is 1.67. The zero-order valence-electron chi connectivity index (χ0n) is 15.5. The fourth-order valence-corrected chi connectivity index (χ4v) is 2.75. The van der Waals surface area contributed by atoms with E-state index in [1.54, 1.807) is 7.11 Å². The lowest BCUT2D eigenvalue weighted by Crippen LogP contribution is -2.12. The largest absolute Gasteiger partial charge is 0.497 e. The van der Waals surface area contributed by atoms with Crippen LogP contribution in [0.1, 0.15) is 25.0 Å². The van der Waals surface area contributed by atoms with E-state index in [-0.39, 0.29) is 0 Å². The Balaban J connectivity index is 2.02. The number of rotatable bonds is 6. The fraction of sp³-hybridized carbons (Fsp3) is 0.174. The topological polar surface area (TPSA) is 24.8 Å². The first-order valence-corrected chi connectivity index (χ1v) is 8.85. The highest BCUT2D eigenvalue weighted by Gasteiger charge is 2.10. The van der Waals surface area contributed by atoms with Crippen LogP contribution in [0.15, 0.2) is 84.0 Å². The van der Waals surface area contributed by atoms with Crippen LogP contribution < -0.4 is 9.75 Å². The average Bonchev–Trinajstić information content (AvgIpc) is 2.73. The van der Waals surface area contributed by atoms with Gasteiger partial charge in [-0.3, -0.25) is 0 Å². The van der Waals surface area contributed by atoms with Crippen LogP contribution in [0.2, 0.25) is 0 Å². The van der Waals surface area contributed by atoms with Crippen LogP contribution in [0.4, 0.5) is 11.4 Å². The Bertz CT molecular complexity index is 805. The van der Waals surface area contributed by atoms with E-state index < -0.39 is 0 Å². The number of aryl methyl sites for hydroxylation is 1. The van der Waals surface area contributed by atoms with Gasteiger partial charge in [-0.25, -0.2) is 5.01 Å². The molecule has 0 bridgehead atoms. The van der Waals surface area contributed by atoms with E-state index in [4.69, 9.17) is 9.84 Å². The Hall–Kier alpha value is -3.07. The van der Waals surface area contributed by atoms with Crippen LogP contribution in [-0.2, 0) is 6.42 Å². The molecule has 0 unspecified atom stereocenters. The summed E-state index contributed by atoms with van der Waals surface area (Å²) >= 11 is 0. The first-order chi connectivity index (χ1) is 12.7. The lowest BCUT2D eigenvalue weighted by molar-refractivity contribution is 0.415. The highest BCUT2D eigenvalue weighted by Crippen LogP contribution is 2.28. The van der Waals surface area contributed by atoms with Gasteiger partial charge in [0, 0.05) is 0 Å². The molecule has 0 aromatic heterocycles. The third kappa shape index (κ3) is 4.12. The van der Waals surface area contributed by atoms with Gasteiger partial charge in [0.15, 0.2) is 0 Å². The molecule has 3 aromatic carbocycles. The molecule has 0 radical (unpaired) electrons. The van der Waals surface area contributed by atoms with Crippen molar-refractivity contribution in [1.29, 1.82) is 0 Å². The highest BCUT2D eigenvalue weighted by atomic mass is 16.5. The van der Waals surface area contributed by atoms with E-state index in [1.807, 2.05) is 54.4 Å². The van der Waals surface area contributed by atoms with Gasteiger partial charge in [0.05, 0.1) is 24.2 Å². The van der Waals surface area contributed by atoms with Gasteiger partial charge in [-0.2, -0.15) is 5.10 Å². The quantitative estimate of drug-likeness (QED) is 0.416. The molecule has 3 rings (SSSR count). The molecule has 0 heterocycles. The molecule has 0 atom stereocenters. The minimum atomic E-state index is 0.832. The normalized spacial score (nSPS) is 11.3. The standard InChI is InChI=1S/C23H24N2O/c1-4-19-10-12-21(13-11-19)25(22-14-16-23(26-3)17-15-22)24-18(2)20-8-6-5-7-9-20/h5-17H,4H2,1-3H3. The van der Waals surface area contributed by atoms with Crippen molar-refractivity contribution in [2.45, 2.75) is 20.3 Å². The van der Waals surface area contributed by atoms with Crippen molar-refractivity contribution in [3.63, 3.8) is 0 Å². The Kier molecular flexibility index (Phi) is 5.69. The minimum absolute atomic E-state index is 0.832. The molecule has 0 fully saturated rings. The Labute approximate surface area is 155 Å². The number of methoxy groups -OCH3 is 1. The molecule has 0 aliphatic heterocycles. The van der Waals surface area contributed by atoms with E-state index in [0.29, 0.717) is 0 Å². The van der Waals surface area contributed by atoms with Gasteiger partial charge >= 0.3 is 0 Å². The fourth-order valence-electron chi connectivity index (χ4n) is 2.75. The highest BCUT2D eigenvalue weighted by molar-refractivity contribution is 5.99. The summed E-state index contributed by atoms with van der Waals surface area (Å²) in [6.07, 6.45) is 1.02. The summed E-state index contributed by atoms with van der Waals surface area (Å²) in [5.74, 6) is 0.832. The SMILES string of the molecule is CCc1ccc(N(N=C(C)c2ccccc2)c2ccc(OC)cc2)cc1. The lowest BCUT2D eigenvalue weighted by Gasteiger charge is -2.21. The van der Waals surface area contributed by atoms with E-state index in [0.717, 1.165) is 34.8 Å². The molecule has 3 heteroatoms. The van der Waals surface area contributed by atoms with Crippen molar-refractivity contribution in [3.8, 4) is 5.75 Å². The third-order valence-corrected chi connectivity index (χ3v) is 4.35. The monoisotopic (exact) mass is 344 g/mol. The number of benzene rings is 3. The molecular formula is C23H24N2O. The van der Waals surface area contributed by atoms with Gasteiger partial charge in [-0.1, -0.05) is 49.4 Å². The summed E-state index contributed by atoms with van der Waals surface area (Å²) in [6.45, 7) is 4.19. The van der Waals surface area contributed by atoms with E-state index >= 15 is 0 Å². The predicted octanol–water partition coefficient (Wildman–Crippen LogP) is 5.82. The van der Waals surface area contributed by atoms with Crippen LogP contribution in [-0.4, -0.2) is 12.8 Å². The second-order valence-electron chi connectivity index (χ2n) is 6.08. The Morgan fingerprint density at radius 1 is 0.846 bits per heavy atom. The smallest absolute Gasteiger partial charge is 0.119 e. The Morgan fingerprint density at radius 3 is 1.96 bits per heavy atom. The van der Waals surface area contributed by atoms with Gasteiger partial charge in [0.25, 0.3) is 0 Å². The van der Waals surface area contributed by atoms with Crippen LogP contribution in [0.5, 0.6) is 5.75 Å². The van der Waals surface area contributed by atoms with Gasteiger partial charge in [0.1, 0.15) is 5.75 Å². The molecule has 132 valence electrons. The van der Waals surface area contributed by atoms with Crippen molar-refractivity contribution in [2.24, 2.45) is 5.10 Å². The summed E-state index contributed by atoms with van der Waals surface area (Å²) in [5, 5.41) is 6.88. The molecule has 0 aliphatic carbocycles. The van der Waals surface area contributed by atoms with Crippen molar-refractivity contribution in [3.05, 3.63) is 90.0 Å². The van der Waals surface area contributed by atoms with Gasteiger partial charge in [0.2, 0.25) is 0 Å². The number of hydrogen-bond acceptors (Lipinski definition) is 3. The minimum Gasteiger partial charge on any atom is -0.497 e. The molecule has 3 nitrogen and oxygen atoms in total. The summed E-state index contributed by atoms with van der Waals surface area (Å²) in [5.41, 5.74) is 5.40. The maximum atomic E-state index is 5.28. The molecular weight excluding hydrogens is 320 g/mol. The van der Waals surface area contributed by atoms with Crippen molar-refractivity contribution >= 4 is 17.1 Å². The third-order valence-electron chi connectivity index (χ3n) is 4.35. The Morgan fingerprint density at radius 2 is 1.42 bits per heavy atom. The summed E-state index contributed by atoms with van der Waals surface area (Å²) in [4.78, 5) is 0. The maximum Gasteiger partial charge on any atom is 0.119 e. The van der Waals surface area contributed by atoms with Gasteiger partial charge in [-0.15, -0.1) is 0 Å². The molecule has 0 amide bonds. The second-order valence-corrected chi connectivity index (χ2v) is 6.08. The molecule has 0 saturated carbocycles. The van der Waals surface area contributed by atoms with Crippen LogP contribution in [0.25, 0.3) is 0 Å². The number of hydrogen-bond donors (Lipinski definition) is 0. The van der Waals surface area contributed by atoms with Crippen molar-refractivity contribution < 1.29 is 4.74 Å². The predicted molar refractivity (Wildman–Crippen MR) is 110 cm³/mol. The zero-order chi connectivity index (χ0) is 18.4. The number of hydrazone groups is 1. The van der Waals surface area contributed by atoms with Crippen LogP contribution >= 0.6 is 0 Å². The molecule has 0 spiro atoms. The first-order valence-electron chi connectivity index (χ1n) is 8.85. The number of anilines is 2. The average molecular weight is 344 g/mol. The lowest BCUT2D eigenvalue weighted by atomic mass is 10.1. The van der Waals surface area contributed by atoms with Crippen LogP contribution in [0.3, 0.4) is 0 Å². The van der Waals surface area contributed by atoms with Crippen LogP contribution in [0, 0.1) is 0 Å². The molecule has 0 aliphatic rings. The van der Waals surface area contributed by atoms with Gasteiger partial charge in [-0.05, 0) is 60.9 Å². The van der Waals surface area contributed by atoms with Crippen molar-refractivity contribution in [2.75, 3.05) is 12.1 Å². The van der Waals surface area contributed by atoms with Gasteiger partial charge < -0.3 is 4.74 Å². The first kappa shape index (κ1) is 17.7.